The third-order valence-electron chi connectivity index (χ3n) is 3.78. The van der Waals surface area contributed by atoms with E-state index in [4.69, 9.17) is 0 Å². The third kappa shape index (κ3) is 7.05. The molecule has 0 spiro atoms. The largest absolute Gasteiger partial charge is 0.468 e. The summed E-state index contributed by atoms with van der Waals surface area (Å²) in [6.07, 6.45) is -2.56. The number of carbonyl (C=O) groups excluding carboxylic acids is 2. The summed E-state index contributed by atoms with van der Waals surface area (Å²) in [5.41, 5.74) is 1.49. The molecule has 7 nitrogen and oxygen atoms in total. The molecule has 1 atom stereocenters. The normalized spacial score (nSPS) is 12.2. The average molecular weight is 410 g/mol. The van der Waals surface area contributed by atoms with Gasteiger partial charge in [-0.2, -0.15) is 13.2 Å². The van der Waals surface area contributed by atoms with E-state index in [0.29, 0.717) is 23.2 Å². The van der Waals surface area contributed by atoms with Crippen LogP contribution in [-0.4, -0.2) is 34.6 Å². The first-order chi connectivity index (χ1) is 13.6. The summed E-state index contributed by atoms with van der Waals surface area (Å²) in [6.45, 7) is 3.46. The van der Waals surface area contributed by atoms with Crippen LogP contribution in [0.2, 0.25) is 0 Å². The van der Waals surface area contributed by atoms with Crippen LogP contribution in [0.3, 0.4) is 0 Å². The molecule has 2 aromatic rings. The number of halogens is 3. The number of amides is 2. The molecule has 1 unspecified atom stereocenters. The van der Waals surface area contributed by atoms with Crippen LogP contribution >= 0.6 is 0 Å². The number of alkyl halides is 3. The SMILES string of the molecule is CCC(NC(=O)c1cc(C)nc(NC(C)=O)c1)c1ccc(OCC(F)(F)F)nc1. The molecule has 156 valence electrons. The van der Waals surface area contributed by atoms with Gasteiger partial charge in [0.25, 0.3) is 5.91 Å². The lowest BCUT2D eigenvalue weighted by Crippen LogP contribution is -2.28. The number of hydrogen-bond acceptors (Lipinski definition) is 5. The zero-order valence-electron chi connectivity index (χ0n) is 16.1. The Labute approximate surface area is 165 Å². The van der Waals surface area contributed by atoms with Gasteiger partial charge in [0, 0.05) is 30.4 Å². The average Bonchev–Trinajstić information content (AvgIpc) is 2.63. The molecule has 2 aromatic heterocycles. The molecule has 29 heavy (non-hydrogen) atoms. The fourth-order valence-corrected chi connectivity index (χ4v) is 2.55. The number of anilines is 1. The summed E-state index contributed by atoms with van der Waals surface area (Å²) in [4.78, 5) is 31.9. The van der Waals surface area contributed by atoms with E-state index in [0.717, 1.165) is 0 Å². The summed E-state index contributed by atoms with van der Waals surface area (Å²) in [6, 6.07) is 5.50. The third-order valence-corrected chi connectivity index (χ3v) is 3.78. The summed E-state index contributed by atoms with van der Waals surface area (Å²) in [5, 5.41) is 5.38. The quantitative estimate of drug-likeness (QED) is 0.728. The van der Waals surface area contributed by atoms with E-state index >= 15 is 0 Å². The smallest absolute Gasteiger partial charge is 0.422 e. The van der Waals surface area contributed by atoms with Gasteiger partial charge in [0.15, 0.2) is 6.61 Å². The molecule has 0 bridgehead atoms. The molecule has 0 fully saturated rings. The van der Waals surface area contributed by atoms with Crippen molar-refractivity contribution < 1.29 is 27.5 Å². The molecule has 2 N–H and O–H groups in total. The van der Waals surface area contributed by atoms with E-state index in [1.807, 2.05) is 6.92 Å². The molecule has 0 saturated carbocycles. The molecule has 0 aliphatic carbocycles. The molecule has 2 amide bonds. The monoisotopic (exact) mass is 410 g/mol. The highest BCUT2D eigenvalue weighted by Gasteiger charge is 2.28. The van der Waals surface area contributed by atoms with Gasteiger partial charge in [0.2, 0.25) is 11.8 Å². The maximum absolute atomic E-state index is 12.6. The van der Waals surface area contributed by atoms with Crippen molar-refractivity contribution in [2.75, 3.05) is 11.9 Å². The Morgan fingerprint density at radius 1 is 1.24 bits per heavy atom. The van der Waals surface area contributed by atoms with Gasteiger partial charge in [-0.05, 0) is 31.0 Å². The number of aryl methyl sites for hydroxylation is 1. The first-order valence-corrected chi connectivity index (χ1v) is 8.80. The van der Waals surface area contributed by atoms with Gasteiger partial charge >= 0.3 is 6.18 Å². The lowest BCUT2D eigenvalue weighted by atomic mass is 10.1. The first-order valence-electron chi connectivity index (χ1n) is 8.80. The van der Waals surface area contributed by atoms with Crippen molar-refractivity contribution in [2.45, 2.75) is 39.4 Å². The maximum Gasteiger partial charge on any atom is 0.422 e. The van der Waals surface area contributed by atoms with Crippen molar-refractivity contribution in [3.8, 4) is 5.88 Å². The second-order valence-corrected chi connectivity index (χ2v) is 6.33. The zero-order valence-corrected chi connectivity index (χ0v) is 16.1. The van der Waals surface area contributed by atoms with E-state index in [9.17, 15) is 22.8 Å². The lowest BCUT2D eigenvalue weighted by molar-refractivity contribution is -0.154. The van der Waals surface area contributed by atoms with Crippen molar-refractivity contribution in [3.05, 3.63) is 47.3 Å². The second-order valence-electron chi connectivity index (χ2n) is 6.33. The standard InChI is InChI=1S/C19H21F3N4O3/c1-4-15(13-5-6-17(23-9-13)29-10-19(20,21)22)26-18(28)14-7-11(2)24-16(8-14)25-12(3)27/h5-9,15H,4,10H2,1-3H3,(H,26,28)(H,24,25,27). The molecule has 2 rings (SSSR count). The summed E-state index contributed by atoms with van der Waals surface area (Å²) in [7, 11) is 0. The van der Waals surface area contributed by atoms with Crippen molar-refractivity contribution in [3.63, 3.8) is 0 Å². The van der Waals surface area contributed by atoms with Gasteiger partial charge in [-0.15, -0.1) is 0 Å². The van der Waals surface area contributed by atoms with E-state index in [-0.39, 0.29) is 23.5 Å². The molecule has 2 heterocycles. The fourth-order valence-electron chi connectivity index (χ4n) is 2.55. The van der Waals surface area contributed by atoms with Crippen LogP contribution < -0.4 is 15.4 Å². The summed E-state index contributed by atoms with van der Waals surface area (Å²) in [5.74, 6) is -0.577. The van der Waals surface area contributed by atoms with Gasteiger partial charge in [-0.1, -0.05) is 13.0 Å². The molecule has 0 saturated heterocycles. The van der Waals surface area contributed by atoms with Crippen LogP contribution in [-0.2, 0) is 4.79 Å². The predicted octanol–water partition coefficient (Wildman–Crippen LogP) is 3.57. The molecule has 0 aromatic carbocycles. The minimum absolute atomic E-state index is 0.156. The van der Waals surface area contributed by atoms with E-state index in [1.54, 1.807) is 19.1 Å². The van der Waals surface area contributed by atoms with Crippen LogP contribution in [0.5, 0.6) is 5.88 Å². The number of nitrogens with zero attached hydrogens (tertiary/aromatic N) is 2. The predicted molar refractivity (Wildman–Crippen MR) is 99.6 cm³/mol. The fraction of sp³-hybridized carbons (Fsp3) is 0.368. The minimum atomic E-state index is -4.45. The lowest BCUT2D eigenvalue weighted by Gasteiger charge is -2.18. The molecule has 10 heteroatoms. The van der Waals surface area contributed by atoms with Crippen LogP contribution in [0.4, 0.5) is 19.0 Å². The molecular weight excluding hydrogens is 389 g/mol. The number of pyridine rings is 2. The molecular formula is C19H21F3N4O3. The van der Waals surface area contributed by atoms with Crippen molar-refractivity contribution >= 4 is 17.6 Å². The Morgan fingerprint density at radius 2 is 1.97 bits per heavy atom. The molecule has 0 aliphatic heterocycles. The van der Waals surface area contributed by atoms with Gasteiger partial charge in [-0.3, -0.25) is 9.59 Å². The van der Waals surface area contributed by atoms with Gasteiger partial charge in [-0.25, -0.2) is 9.97 Å². The Balaban J connectivity index is 2.10. The highest BCUT2D eigenvalue weighted by Crippen LogP contribution is 2.21. The Kier molecular flexibility index (Phi) is 7.13. The summed E-state index contributed by atoms with van der Waals surface area (Å²) < 4.78 is 41.2. The number of ether oxygens (including phenoxy) is 1. The Morgan fingerprint density at radius 3 is 2.52 bits per heavy atom. The van der Waals surface area contributed by atoms with Crippen LogP contribution in [0.15, 0.2) is 30.5 Å². The Hall–Kier alpha value is -3.17. The minimum Gasteiger partial charge on any atom is -0.468 e. The molecule has 0 aliphatic rings. The van der Waals surface area contributed by atoms with Crippen molar-refractivity contribution in [2.24, 2.45) is 0 Å². The number of nitrogens with one attached hydrogen (secondary N) is 2. The van der Waals surface area contributed by atoms with Crippen molar-refractivity contribution in [1.82, 2.24) is 15.3 Å². The van der Waals surface area contributed by atoms with Crippen LogP contribution in [0.25, 0.3) is 0 Å². The van der Waals surface area contributed by atoms with Crippen molar-refractivity contribution in [1.29, 1.82) is 0 Å². The van der Waals surface area contributed by atoms with E-state index in [2.05, 4.69) is 25.3 Å². The maximum atomic E-state index is 12.6. The second kappa shape index (κ2) is 9.35. The van der Waals surface area contributed by atoms with Gasteiger partial charge in [0.05, 0.1) is 6.04 Å². The number of hydrogen-bond donors (Lipinski definition) is 2. The number of rotatable bonds is 7. The van der Waals surface area contributed by atoms with Crippen LogP contribution in [0.1, 0.15) is 47.9 Å². The van der Waals surface area contributed by atoms with E-state index < -0.39 is 18.8 Å². The Bertz CT molecular complexity index is 870. The molecule has 0 radical (unpaired) electrons. The number of carbonyl (C=O) groups is 2. The highest BCUT2D eigenvalue weighted by molar-refractivity contribution is 5.96. The zero-order chi connectivity index (χ0) is 21.6. The van der Waals surface area contributed by atoms with Crippen LogP contribution in [0, 0.1) is 6.92 Å². The van der Waals surface area contributed by atoms with Gasteiger partial charge in [0.1, 0.15) is 5.82 Å². The number of aromatic nitrogens is 2. The van der Waals surface area contributed by atoms with E-state index in [1.165, 1.54) is 25.3 Å². The summed E-state index contributed by atoms with van der Waals surface area (Å²) >= 11 is 0. The topological polar surface area (TPSA) is 93.2 Å². The van der Waals surface area contributed by atoms with Gasteiger partial charge < -0.3 is 15.4 Å². The highest BCUT2D eigenvalue weighted by atomic mass is 19.4. The first kappa shape index (κ1) is 22.1.